The van der Waals surface area contributed by atoms with Gasteiger partial charge in [0.1, 0.15) is 5.82 Å². The Balaban J connectivity index is 0.000000280. The number of aliphatic hydroxyl groups is 1. The third-order valence-corrected chi connectivity index (χ3v) is 5.92. The van der Waals surface area contributed by atoms with E-state index in [1.807, 2.05) is 12.1 Å². The number of hydrogen-bond acceptors (Lipinski definition) is 6. The molecular formula is C28H40FN5O3. The first kappa shape index (κ1) is 29.8. The maximum Gasteiger partial charge on any atom is 0.251 e. The highest BCUT2D eigenvalue weighted by atomic mass is 19.1. The number of aliphatic hydroxyl groups excluding tert-OH is 1. The van der Waals surface area contributed by atoms with Gasteiger partial charge in [-0.05, 0) is 86.5 Å². The molecule has 1 aliphatic carbocycles. The Morgan fingerprint density at radius 2 is 1.65 bits per heavy atom. The van der Waals surface area contributed by atoms with Crippen molar-refractivity contribution >= 4 is 17.5 Å². The fourth-order valence-electron chi connectivity index (χ4n) is 3.50. The summed E-state index contributed by atoms with van der Waals surface area (Å²) < 4.78 is 12.4. The van der Waals surface area contributed by atoms with Gasteiger partial charge in [0.15, 0.2) is 0 Å². The Labute approximate surface area is 218 Å². The number of nitrogens with one attached hydrogen (secondary N) is 2. The van der Waals surface area contributed by atoms with Gasteiger partial charge in [-0.3, -0.25) is 9.59 Å². The predicted molar refractivity (Wildman–Crippen MR) is 145 cm³/mol. The summed E-state index contributed by atoms with van der Waals surface area (Å²) in [6.07, 6.45) is 7.48. The van der Waals surface area contributed by atoms with E-state index in [4.69, 9.17) is 11.5 Å². The molecule has 2 aliphatic rings. The van der Waals surface area contributed by atoms with E-state index in [-0.39, 0.29) is 30.3 Å². The van der Waals surface area contributed by atoms with E-state index in [0.717, 1.165) is 24.6 Å². The smallest absolute Gasteiger partial charge is 0.251 e. The summed E-state index contributed by atoms with van der Waals surface area (Å²) in [5.41, 5.74) is 12.8. The second-order valence-corrected chi connectivity index (χ2v) is 8.99. The van der Waals surface area contributed by atoms with Crippen LogP contribution in [-0.2, 0) is 4.79 Å². The molecule has 2 fully saturated rings. The van der Waals surface area contributed by atoms with E-state index in [1.54, 1.807) is 35.4 Å². The summed E-state index contributed by atoms with van der Waals surface area (Å²) in [5.74, 6) is 0.179. The summed E-state index contributed by atoms with van der Waals surface area (Å²) in [6, 6.07) is 13.7. The number of halogens is 1. The largest absolute Gasteiger partial charge is 0.403 e. The molecule has 0 atom stereocenters. The number of nitrogens with zero attached hydrogens (tertiary/aromatic N) is 1. The van der Waals surface area contributed by atoms with Crippen molar-refractivity contribution in [3.05, 3.63) is 77.9 Å². The Morgan fingerprint density at radius 3 is 2.16 bits per heavy atom. The number of rotatable bonds is 7. The number of piperidine rings is 1. The number of carbonyl (C=O) groups is 2. The number of hydrogen-bond donors (Lipinski definition) is 5. The van der Waals surface area contributed by atoms with Crippen LogP contribution < -0.4 is 22.1 Å². The molecule has 202 valence electrons. The molecule has 2 aromatic carbocycles. The molecule has 2 amide bonds. The van der Waals surface area contributed by atoms with Crippen LogP contribution in [0.4, 0.5) is 10.1 Å². The van der Waals surface area contributed by atoms with Gasteiger partial charge in [0.25, 0.3) is 5.91 Å². The van der Waals surface area contributed by atoms with E-state index < -0.39 is 0 Å². The first-order valence-electron chi connectivity index (χ1n) is 12.8. The maximum atomic E-state index is 12.4. The quantitative estimate of drug-likeness (QED) is 0.386. The van der Waals surface area contributed by atoms with Crippen molar-refractivity contribution in [1.82, 2.24) is 10.2 Å². The molecule has 7 N–H and O–H groups in total. The highest BCUT2D eigenvalue weighted by Gasteiger charge is 2.23. The molecule has 0 unspecified atom stereocenters. The van der Waals surface area contributed by atoms with Crippen molar-refractivity contribution in [3.8, 4) is 0 Å². The van der Waals surface area contributed by atoms with Crippen molar-refractivity contribution in [1.29, 1.82) is 0 Å². The minimum Gasteiger partial charge on any atom is -0.403 e. The second-order valence-electron chi connectivity index (χ2n) is 8.99. The van der Waals surface area contributed by atoms with Crippen molar-refractivity contribution in [2.24, 2.45) is 11.5 Å². The normalized spacial score (nSPS) is 15.2. The Bertz CT molecular complexity index is 968. The molecule has 1 heterocycles. The van der Waals surface area contributed by atoms with Crippen LogP contribution >= 0.6 is 0 Å². The van der Waals surface area contributed by atoms with Gasteiger partial charge in [-0.1, -0.05) is 19.1 Å². The number of amides is 2. The monoisotopic (exact) mass is 513 g/mol. The number of benzene rings is 2. The van der Waals surface area contributed by atoms with E-state index in [0.29, 0.717) is 31.5 Å². The van der Waals surface area contributed by atoms with Crippen LogP contribution in [0.15, 0.2) is 60.9 Å². The van der Waals surface area contributed by atoms with Gasteiger partial charge in [0.2, 0.25) is 5.91 Å². The summed E-state index contributed by atoms with van der Waals surface area (Å²) in [7, 11) is 0. The fourth-order valence-corrected chi connectivity index (χ4v) is 3.50. The van der Waals surface area contributed by atoms with Gasteiger partial charge < -0.3 is 32.1 Å². The first-order chi connectivity index (χ1) is 17.9. The van der Waals surface area contributed by atoms with E-state index in [2.05, 4.69) is 17.6 Å². The van der Waals surface area contributed by atoms with Crippen LogP contribution in [0.5, 0.6) is 0 Å². The Morgan fingerprint density at radius 1 is 1.05 bits per heavy atom. The van der Waals surface area contributed by atoms with Gasteiger partial charge in [-0.2, -0.15) is 0 Å². The molecule has 0 aromatic heterocycles. The van der Waals surface area contributed by atoms with E-state index in [9.17, 15) is 19.1 Å². The minimum atomic E-state index is -0.324. The topological polar surface area (TPSA) is 134 Å². The molecular weight excluding hydrogens is 473 g/mol. The molecule has 1 aliphatic heterocycles. The summed E-state index contributed by atoms with van der Waals surface area (Å²) in [5, 5.41) is 15.0. The zero-order chi connectivity index (χ0) is 27.0. The average Bonchev–Trinajstić information content (AvgIpc) is 3.78. The lowest BCUT2D eigenvalue weighted by Gasteiger charge is -2.29. The van der Waals surface area contributed by atoms with E-state index in [1.165, 1.54) is 36.7 Å². The van der Waals surface area contributed by atoms with Crippen molar-refractivity contribution in [3.63, 3.8) is 0 Å². The molecule has 0 spiro atoms. The van der Waals surface area contributed by atoms with Crippen molar-refractivity contribution < 1.29 is 19.1 Å². The summed E-state index contributed by atoms with van der Waals surface area (Å²) in [4.78, 5) is 25.7. The fraction of sp³-hybridized carbons (Fsp3) is 0.429. The van der Waals surface area contributed by atoms with E-state index >= 15 is 0 Å². The third kappa shape index (κ3) is 11.4. The van der Waals surface area contributed by atoms with Crippen LogP contribution in [-0.4, -0.2) is 54.1 Å². The van der Waals surface area contributed by atoms with Crippen LogP contribution in [0, 0.1) is 5.82 Å². The molecule has 9 heteroatoms. The van der Waals surface area contributed by atoms with Crippen LogP contribution in [0.1, 0.15) is 60.9 Å². The zero-order valence-electron chi connectivity index (χ0n) is 21.5. The zero-order valence-corrected chi connectivity index (χ0v) is 21.5. The molecule has 0 bridgehead atoms. The Hall–Kier alpha value is -3.43. The van der Waals surface area contributed by atoms with Gasteiger partial charge in [0, 0.05) is 36.7 Å². The molecule has 2 aromatic rings. The number of nitrogens with two attached hydrogens (primary N) is 2. The summed E-state index contributed by atoms with van der Waals surface area (Å²) >= 11 is 0. The standard InChI is InChI=1S/C16H22N4O3.C9H9F.C3H9N/c17-7-8-18-13-3-1-12(2-4-13)16(23)19-11-15(22)20-9-5-14(21)6-10-20;10-9-5-3-8(4-6-9)7-1-2-7;1-2-3-4/h1-4,7-8,14,18,21H,5-6,9-11,17H2,(H,19,23);3-7H,1-2H2;2-4H2,1H3/b8-7-;;. The van der Waals surface area contributed by atoms with Gasteiger partial charge in [0.05, 0.1) is 12.6 Å². The lowest BCUT2D eigenvalue weighted by molar-refractivity contribution is -0.132. The maximum absolute atomic E-state index is 12.4. The average molecular weight is 514 g/mol. The van der Waals surface area contributed by atoms with Gasteiger partial charge in [-0.25, -0.2) is 4.39 Å². The second kappa shape index (κ2) is 16.3. The highest BCUT2D eigenvalue weighted by molar-refractivity contribution is 5.96. The first-order valence-corrected chi connectivity index (χ1v) is 12.8. The SMILES string of the molecule is CCCN.Fc1ccc(C2CC2)cc1.N/C=C\Nc1ccc(C(=O)NCC(=O)N2CCC(O)CC2)cc1. The van der Waals surface area contributed by atoms with Crippen LogP contribution in [0.25, 0.3) is 0 Å². The molecule has 1 saturated carbocycles. The van der Waals surface area contributed by atoms with Crippen LogP contribution in [0.2, 0.25) is 0 Å². The minimum absolute atomic E-state index is 0.0369. The Kier molecular flexibility index (Phi) is 13.2. The molecule has 8 nitrogen and oxygen atoms in total. The lowest BCUT2D eigenvalue weighted by atomic mass is 10.1. The highest BCUT2D eigenvalue weighted by Crippen LogP contribution is 2.39. The number of anilines is 1. The third-order valence-electron chi connectivity index (χ3n) is 5.92. The number of likely N-dealkylation sites (tertiary alicyclic amines) is 1. The molecule has 4 rings (SSSR count). The predicted octanol–water partition coefficient (Wildman–Crippen LogP) is 3.30. The van der Waals surface area contributed by atoms with Crippen molar-refractivity contribution in [2.75, 3.05) is 31.5 Å². The van der Waals surface area contributed by atoms with Gasteiger partial charge >= 0.3 is 0 Å². The molecule has 0 radical (unpaired) electrons. The van der Waals surface area contributed by atoms with Gasteiger partial charge in [-0.15, -0.1) is 0 Å². The molecule has 37 heavy (non-hydrogen) atoms. The summed E-state index contributed by atoms with van der Waals surface area (Å²) in [6.45, 7) is 3.90. The van der Waals surface area contributed by atoms with Crippen molar-refractivity contribution in [2.45, 2.75) is 51.0 Å². The number of carbonyl (C=O) groups excluding carboxylic acids is 2. The lowest BCUT2D eigenvalue weighted by Crippen LogP contribution is -2.45. The van der Waals surface area contributed by atoms with Crippen LogP contribution in [0.3, 0.4) is 0 Å². The molecule has 1 saturated heterocycles.